The third kappa shape index (κ3) is 2.33. The summed E-state index contributed by atoms with van der Waals surface area (Å²) in [4.78, 5) is 27.7. The van der Waals surface area contributed by atoms with E-state index >= 15 is 0 Å². The SMILES string of the molecule is O=C1CC2(c3cccc(-c4n[nH]c5cnc(-c6cccnc6)cc45)n3)CCCN12. The summed E-state index contributed by atoms with van der Waals surface area (Å²) in [6.07, 6.45) is 7.90. The van der Waals surface area contributed by atoms with Crippen LogP contribution in [0.15, 0.2) is 55.0 Å². The summed E-state index contributed by atoms with van der Waals surface area (Å²) in [5, 5.41) is 8.55. The van der Waals surface area contributed by atoms with Crippen molar-refractivity contribution in [2.75, 3.05) is 6.54 Å². The molecule has 0 saturated carbocycles. The molecule has 0 radical (unpaired) electrons. The molecule has 0 aliphatic carbocycles. The molecular weight excluding hydrogens is 364 g/mol. The van der Waals surface area contributed by atoms with E-state index in [0.29, 0.717) is 6.42 Å². The zero-order valence-electron chi connectivity index (χ0n) is 15.7. The number of pyridine rings is 3. The van der Waals surface area contributed by atoms with E-state index in [1.807, 2.05) is 41.3 Å². The number of carbonyl (C=O) groups is 1. The van der Waals surface area contributed by atoms with Crippen LogP contribution in [-0.2, 0) is 10.3 Å². The lowest BCUT2D eigenvalue weighted by atomic mass is 9.80. The van der Waals surface area contributed by atoms with E-state index < -0.39 is 0 Å². The molecule has 2 aliphatic rings. The van der Waals surface area contributed by atoms with E-state index in [-0.39, 0.29) is 11.4 Å². The molecule has 0 aromatic carbocycles. The van der Waals surface area contributed by atoms with Crippen LogP contribution in [0.2, 0.25) is 0 Å². The number of aromatic nitrogens is 5. The van der Waals surface area contributed by atoms with Gasteiger partial charge in [0, 0.05) is 29.9 Å². The third-order valence-corrected chi connectivity index (χ3v) is 6.11. The molecule has 0 spiro atoms. The Balaban J connectivity index is 1.45. The highest BCUT2D eigenvalue weighted by atomic mass is 16.2. The van der Waals surface area contributed by atoms with Crippen LogP contribution in [0.4, 0.5) is 0 Å². The normalized spacial score (nSPS) is 20.7. The standard InChI is InChI=1S/C22H18N6O/c29-20-11-22(7-3-9-28(20)22)19-6-1-5-16(25-19)21-15-10-17(14-4-2-8-23-12-14)24-13-18(15)26-27-21/h1-2,4-6,8,10,12-13H,3,7,9,11H2,(H,26,27). The number of rotatable bonds is 3. The van der Waals surface area contributed by atoms with Gasteiger partial charge in [-0.2, -0.15) is 5.10 Å². The maximum Gasteiger partial charge on any atom is 0.226 e. The number of amides is 1. The maximum atomic E-state index is 12.0. The summed E-state index contributed by atoms with van der Waals surface area (Å²) in [5.74, 6) is 0.229. The number of nitrogens with one attached hydrogen (secondary N) is 1. The summed E-state index contributed by atoms with van der Waals surface area (Å²) in [6, 6.07) is 11.9. The van der Waals surface area contributed by atoms with Gasteiger partial charge in [0.25, 0.3) is 0 Å². The number of fused-ring (bicyclic) bond motifs is 2. The lowest BCUT2D eigenvalue weighted by molar-refractivity contribution is -0.153. The molecule has 4 aromatic rings. The van der Waals surface area contributed by atoms with Gasteiger partial charge in [-0.3, -0.25) is 19.9 Å². The molecular formula is C22H18N6O. The summed E-state index contributed by atoms with van der Waals surface area (Å²) in [5.41, 5.74) is 5.00. The number of hydrogen-bond acceptors (Lipinski definition) is 5. The van der Waals surface area contributed by atoms with Crippen molar-refractivity contribution in [1.29, 1.82) is 0 Å². The van der Waals surface area contributed by atoms with Crippen molar-refractivity contribution >= 4 is 16.8 Å². The van der Waals surface area contributed by atoms with Crippen LogP contribution >= 0.6 is 0 Å². The molecule has 2 saturated heterocycles. The molecule has 1 N–H and O–H groups in total. The second-order valence-corrected chi connectivity index (χ2v) is 7.69. The maximum absolute atomic E-state index is 12.0. The predicted molar refractivity (Wildman–Crippen MR) is 108 cm³/mol. The first kappa shape index (κ1) is 16.4. The molecule has 29 heavy (non-hydrogen) atoms. The molecule has 1 atom stereocenters. The molecule has 142 valence electrons. The van der Waals surface area contributed by atoms with Gasteiger partial charge in [-0.05, 0) is 43.2 Å². The minimum Gasteiger partial charge on any atom is -0.331 e. The first-order valence-corrected chi connectivity index (χ1v) is 9.77. The van der Waals surface area contributed by atoms with Crippen molar-refractivity contribution in [3.63, 3.8) is 0 Å². The van der Waals surface area contributed by atoms with Crippen LogP contribution < -0.4 is 0 Å². The van der Waals surface area contributed by atoms with E-state index in [9.17, 15) is 4.79 Å². The molecule has 6 heterocycles. The molecule has 0 bridgehead atoms. The highest BCUT2D eigenvalue weighted by Crippen LogP contribution is 2.49. The minimum atomic E-state index is -0.221. The molecule has 7 heteroatoms. The monoisotopic (exact) mass is 382 g/mol. The molecule has 6 rings (SSSR count). The summed E-state index contributed by atoms with van der Waals surface area (Å²) in [6.45, 7) is 0.830. The zero-order chi connectivity index (χ0) is 19.4. The first-order chi connectivity index (χ1) is 14.2. The predicted octanol–water partition coefficient (Wildman–Crippen LogP) is 3.30. The van der Waals surface area contributed by atoms with Crippen molar-refractivity contribution in [1.82, 2.24) is 30.0 Å². The number of hydrogen-bond donors (Lipinski definition) is 1. The average Bonchev–Trinajstić information content (AvgIpc) is 3.35. The first-order valence-electron chi connectivity index (χ1n) is 9.77. The van der Waals surface area contributed by atoms with Gasteiger partial charge in [0.2, 0.25) is 5.91 Å². The summed E-state index contributed by atoms with van der Waals surface area (Å²) < 4.78 is 0. The van der Waals surface area contributed by atoms with Crippen LogP contribution in [0.1, 0.15) is 25.0 Å². The Kier molecular flexibility index (Phi) is 3.35. The zero-order valence-corrected chi connectivity index (χ0v) is 15.7. The van der Waals surface area contributed by atoms with Gasteiger partial charge in [0.1, 0.15) is 5.69 Å². The highest BCUT2D eigenvalue weighted by Gasteiger charge is 2.55. The second-order valence-electron chi connectivity index (χ2n) is 7.69. The van der Waals surface area contributed by atoms with Gasteiger partial charge in [-0.25, -0.2) is 4.98 Å². The Bertz CT molecular complexity index is 1250. The second kappa shape index (κ2) is 5.94. The van der Waals surface area contributed by atoms with Gasteiger partial charge in [-0.15, -0.1) is 0 Å². The fourth-order valence-corrected chi connectivity index (χ4v) is 4.65. The number of aromatic amines is 1. The number of β-lactam (4-membered cyclic amide) rings is 1. The Morgan fingerprint density at radius 2 is 2.07 bits per heavy atom. The van der Waals surface area contributed by atoms with E-state index in [0.717, 1.165) is 58.6 Å². The van der Waals surface area contributed by atoms with Gasteiger partial charge in [0.15, 0.2) is 0 Å². The minimum absolute atomic E-state index is 0.221. The van der Waals surface area contributed by atoms with Crippen LogP contribution in [0.25, 0.3) is 33.5 Å². The van der Waals surface area contributed by atoms with Crippen molar-refractivity contribution in [3.8, 4) is 22.6 Å². The molecule has 2 aliphatic heterocycles. The van der Waals surface area contributed by atoms with Crippen LogP contribution in [-0.4, -0.2) is 42.5 Å². The largest absolute Gasteiger partial charge is 0.331 e. The Hall–Kier alpha value is -3.61. The third-order valence-electron chi connectivity index (χ3n) is 6.11. The quantitative estimate of drug-likeness (QED) is 0.549. The van der Waals surface area contributed by atoms with Crippen LogP contribution in [0.5, 0.6) is 0 Å². The molecule has 1 amide bonds. The lowest BCUT2D eigenvalue weighted by Crippen LogP contribution is -2.57. The van der Waals surface area contributed by atoms with E-state index in [2.05, 4.69) is 20.2 Å². The number of carbonyl (C=O) groups excluding carboxylic acids is 1. The Morgan fingerprint density at radius 3 is 2.93 bits per heavy atom. The van der Waals surface area contributed by atoms with E-state index in [4.69, 9.17) is 4.98 Å². The molecule has 2 fully saturated rings. The van der Waals surface area contributed by atoms with Gasteiger partial charge >= 0.3 is 0 Å². The lowest BCUT2D eigenvalue weighted by Gasteiger charge is -2.47. The van der Waals surface area contributed by atoms with Crippen molar-refractivity contribution in [3.05, 3.63) is 60.7 Å². The van der Waals surface area contributed by atoms with Crippen molar-refractivity contribution in [2.45, 2.75) is 24.8 Å². The smallest absolute Gasteiger partial charge is 0.226 e. The number of H-pyrrole nitrogens is 1. The topological polar surface area (TPSA) is 87.7 Å². The van der Waals surface area contributed by atoms with Gasteiger partial charge < -0.3 is 4.90 Å². The van der Waals surface area contributed by atoms with Crippen LogP contribution in [0.3, 0.4) is 0 Å². The summed E-state index contributed by atoms with van der Waals surface area (Å²) in [7, 11) is 0. The van der Waals surface area contributed by atoms with Crippen molar-refractivity contribution < 1.29 is 4.79 Å². The van der Waals surface area contributed by atoms with E-state index in [1.54, 1.807) is 18.6 Å². The fourth-order valence-electron chi connectivity index (χ4n) is 4.65. The Labute approximate surface area is 166 Å². The van der Waals surface area contributed by atoms with Crippen LogP contribution in [0, 0.1) is 0 Å². The molecule has 4 aromatic heterocycles. The Morgan fingerprint density at radius 1 is 1.10 bits per heavy atom. The van der Waals surface area contributed by atoms with Gasteiger partial charge in [0.05, 0.1) is 40.8 Å². The summed E-state index contributed by atoms with van der Waals surface area (Å²) >= 11 is 0. The number of nitrogens with zero attached hydrogens (tertiary/aromatic N) is 5. The average molecular weight is 382 g/mol. The van der Waals surface area contributed by atoms with Gasteiger partial charge in [-0.1, -0.05) is 6.07 Å². The fraction of sp³-hybridized carbons (Fsp3) is 0.227. The molecule has 7 nitrogen and oxygen atoms in total. The van der Waals surface area contributed by atoms with Crippen molar-refractivity contribution in [2.24, 2.45) is 0 Å². The molecule has 1 unspecified atom stereocenters. The van der Waals surface area contributed by atoms with E-state index in [1.165, 1.54) is 0 Å². The highest BCUT2D eigenvalue weighted by molar-refractivity contribution is 5.93.